The van der Waals surface area contributed by atoms with Gasteiger partial charge in [-0.3, -0.25) is 0 Å². The summed E-state index contributed by atoms with van der Waals surface area (Å²) in [7, 11) is 2.08. The Morgan fingerprint density at radius 1 is 1.33 bits per heavy atom. The van der Waals surface area contributed by atoms with E-state index in [1.165, 1.54) is 0 Å². The summed E-state index contributed by atoms with van der Waals surface area (Å²) in [6.45, 7) is 2.00. The predicted molar refractivity (Wildman–Crippen MR) is 71.7 cm³/mol. The number of para-hydroxylation sites is 1. The molecule has 0 spiro atoms. The Labute approximate surface area is 119 Å². The first kappa shape index (κ1) is 15.1. The number of carboxylic acid groups (broad SMARTS) is 1. The maximum atomic E-state index is 11.0. The molecule has 0 saturated carbocycles. The number of rotatable bonds is 3. The van der Waals surface area contributed by atoms with Gasteiger partial charge in [0, 0.05) is 13.1 Å². The van der Waals surface area contributed by atoms with Gasteiger partial charge in [0.1, 0.15) is 17.4 Å². The average Bonchev–Trinajstić information content (AvgIpc) is 2.32. The molecule has 1 fully saturated rings. The van der Waals surface area contributed by atoms with Crippen LogP contribution in [0.25, 0.3) is 0 Å². The van der Waals surface area contributed by atoms with Crippen molar-refractivity contribution < 1.29 is 14.6 Å². The van der Waals surface area contributed by atoms with Gasteiger partial charge >= 0.3 is 24.8 Å². The molecule has 94 valence electrons. The molecule has 1 heterocycles. The molecule has 0 bridgehead atoms. The third-order valence-electron chi connectivity index (χ3n) is 3.08. The van der Waals surface area contributed by atoms with Crippen molar-refractivity contribution in [2.75, 3.05) is 20.1 Å². The molecule has 1 aromatic rings. The SMILES string of the molecule is CN1CCC(Oc2ccccc2C(=O)O)CC1.[LiH]. The van der Waals surface area contributed by atoms with Crippen molar-refractivity contribution in [1.29, 1.82) is 0 Å². The molecule has 2 rings (SSSR count). The number of aromatic carboxylic acids is 1. The second-order valence-corrected chi connectivity index (χ2v) is 4.42. The summed E-state index contributed by atoms with van der Waals surface area (Å²) in [5.74, 6) is -0.455. The second kappa shape index (κ2) is 6.84. The molecular weight excluding hydrogens is 225 g/mol. The van der Waals surface area contributed by atoms with Gasteiger partial charge in [-0.05, 0) is 32.0 Å². The summed E-state index contributed by atoms with van der Waals surface area (Å²) in [6, 6.07) is 6.82. The molecule has 0 unspecified atom stereocenters. The van der Waals surface area contributed by atoms with Gasteiger partial charge in [0.25, 0.3) is 0 Å². The zero-order valence-corrected chi connectivity index (χ0v) is 9.93. The van der Waals surface area contributed by atoms with E-state index in [2.05, 4.69) is 11.9 Å². The van der Waals surface area contributed by atoms with E-state index < -0.39 is 5.97 Å². The van der Waals surface area contributed by atoms with Gasteiger partial charge in [-0.15, -0.1) is 0 Å². The molecule has 0 amide bonds. The molecule has 1 aromatic carbocycles. The van der Waals surface area contributed by atoms with Crippen LogP contribution in [0.4, 0.5) is 0 Å². The zero-order chi connectivity index (χ0) is 12.3. The van der Waals surface area contributed by atoms with Crippen LogP contribution in [-0.2, 0) is 0 Å². The van der Waals surface area contributed by atoms with Crippen LogP contribution in [0.15, 0.2) is 24.3 Å². The average molecular weight is 243 g/mol. The second-order valence-electron chi connectivity index (χ2n) is 4.42. The van der Waals surface area contributed by atoms with Gasteiger partial charge in [0.2, 0.25) is 0 Å². The zero-order valence-electron chi connectivity index (χ0n) is 9.93. The molecule has 1 aliphatic rings. The predicted octanol–water partition coefficient (Wildman–Crippen LogP) is 1.21. The minimum atomic E-state index is -0.937. The van der Waals surface area contributed by atoms with E-state index in [0.717, 1.165) is 25.9 Å². The summed E-state index contributed by atoms with van der Waals surface area (Å²) in [6.07, 6.45) is 2.03. The molecule has 0 atom stereocenters. The van der Waals surface area contributed by atoms with E-state index in [0.29, 0.717) is 5.75 Å². The summed E-state index contributed by atoms with van der Waals surface area (Å²) in [5, 5.41) is 9.05. The number of benzene rings is 1. The summed E-state index contributed by atoms with van der Waals surface area (Å²) in [5.41, 5.74) is 0.242. The molecule has 18 heavy (non-hydrogen) atoms. The van der Waals surface area contributed by atoms with Crippen LogP contribution in [0.5, 0.6) is 5.75 Å². The molecular formula is C13H18LiNO3. The fourth-order valence-electron chi connectivity index (χ4n) is 2.03. The quantitative estimate of drug-likeness (QED) is 0.811. The molecule has 0 radical (unpaired) electrons. The van der Waals surface area contributed by atoms with Crippen molar-refractivity contribution >= 4 is 24.8 Å². The molecule has 1 N–H and O–H groups in total. The Hall–Kier alpha value is -0.953. The standard InChI is InChI=1S/C13H17NO3.Li.H/c1-14-8-6-10(7-9-14)17-12-5-3-2-4-11(12)13(15)16;;/h2-5,10H,6-9H2,1H3,(H,15,16);;. The molecule has 4 nitrogen and oxygen atoms in total. The fourth-order valence-corrected chi connectivity index (χ4v) is 2.03. The van der Waals surface area contributed by atoms with Gasteiger partial charge in [0.05, 0.1) is 0 Å². The number of likely N-dealkylation sites (tertiary alicyclic amines) is 1. The van der Waals surface area contributed by atoms with Gasteiger partial charge in [-0.25, -0.2) is 4.79 Å². The van der Waals surface area contributed by atoms with Gasteiger partial charge < -0.3 is 14.7 Å². The van der Waals surface area contributed by atoms with E-state index >= 15 is 0 Å². The van der Waals surface area contributed by atoms with Crippen LogP contribution in [-0.4, -0.2) is 61.1 Å². The van der Waals surface area contributed by atoms with E-state index in [4.69, 9.17) is 9.84 Å². The Morgan fingerprint density at radius 2 is 1.94 bits per heavy atom. The number of nitrogens with zero attached hydrogens (tertiary/aromatic N) is 1. The van der Waals surface area contributed by atoms with Crippen molar-refractivity contribution in [2.24, 2.45) is 0 Å². The number of hydrogen-bond donors (Lipinski definition) is 1. The maximum absolute atomic E-state index is 11.0. The van der Waals surface area contributed by atoms with Crippen molar-refractivity contribution in [1.82, 2.24) is 4.90 Å². The summed E-state index contributed by atoms with van der Waals surface area (Å²) < 4.78 is 5.79. The Morgan fingerprint density at radius 3 is 2.56 bits per heavy atom. The van der Waals surface area contributed by atoms with Gasteiger partial charge in [-0.2, -0.15) is 0 Å². The van der Waals surface area contributed by atoms with E-state index in [1.807, 2.05) is 0 Å². The Kier molecular flexibility index (Phi) is 5.74. The normalized spacial score (nSPS) is 16.9. The van der Waals surface area contributed by atoms with Crippen LogP contribution in [0.2, 0.25) is 0 Å². The van der Waals surface area contributed by atoms with Crippen molar-refractivity contribution in [3.8, 4) is 5.75 Å². The molecule has 0 aliphatic carbocycles. The minimum absolute atomic E-state index is 0. The number of ether oxygens (including phenoxy) is 1. The van der Waals surface area contributed by atoms with E-state index in [1.54, 1.807) is 24.3 Å². The molecule has 1 saturated heterocycles. The van der Waals surface area contributed by atoms with Gasteiger partial charge in [0.15, 0.2) is 0 Å². The topological polar surface area (TPSA) is 49.8 Å². The fraction of sp³-hybridized carbons (Fsp3) is 0.462. The third-order valence-corrected chi connectivity index (χ3v) is 3.08. The third kappa shape index (κ3) is 3.77. The van der Waals surface area contributed by atoms with Crippen molar-refractivity contribution in [3.63, 3.8) is 0 Å². The first-order valence-corrected chi connectivity index (χ1v) is 5.84. The van der Waals surface area contributed by atoms with Crippen LogP contribution in [0.3, 0.4) is 0 Å². The monoisotopic (exact) mass is 243 g/mol. The number of carbonyl (C=O) groups is 1. The van der Waals surface area contributed by atoms with Crippen molar-refractivity contribution in [2.45, 2.75) is 18.9 Å². The first-order chi connectivity index (χ1) is 8.16. The van der Waals surface area contributed by atoms with Crippen LogP contribution in [0, 0.1) is 0 Å². The summed E-state index contributed by atoms with van der Waals surface area (Å²) in [4.78, 5) is 13.3. The van der Waals surface area contributed by atoms with Crippen molar-refractivity contribution in [3.05, 3.63) is 29.8 Å². The van der Waals surface area contributed by atoms with E-state index in [-0.39, 0.29) is 30.5 Å². The van der Waals surface area contributed by atoms with E-state index in [9.17, 15) is 4.79 Å². The van der Waals surface area contributed by atoms with Crippen LogP contribution in [0.1, 0.15) is 23.2 Å². The van der Waals surface area contributed by atoms with Crippen LogP contribution < -0.4 is 4.74 Å². The number of carboxylic acids is 1. The molecule has 0 aromatic heterocycles. The Bertz CT molecular complexity index is 403. The number of piperidine rings is 1. The number of hydrogen-bond acceptors (Lipinski definition) is 3. The molecule has 5 heteroatoms. The van der Waals surface area contributed by atoms with Gasteiger partial charge in [-0.1, -0.05) is 12.1 Å². The van der Waals surface area contributed by atoms with Crippen LogP contribution >= 0.6 is 0 Å². The summed E-state index contributed by atoms with van der Waals surface area (Å²) >= 11 is 0. The molecule has 1 aliphatic heterocycles. The first-order valence-electron chi connectivity index (χ1n) is 5.84. The Balaban J connectivity index is 0.00000162.